The highest BCUT2D eigenvalue weighted by Crippen LogP contribution is 2.45. The van der Waals surface area contributed by atoms with E-state index in [0.29, 0.717) is 25.7 Å². The zero-order valence-electron chi connectivity index (χ0n) is 57.7. The number of phosphoric ester groups is 2. The summed E-state index contributed by atoms with van der Waals surface area (Å²) in [7, 11) is -9.90. The summed E-state index contributed by atoms with van der Waals surface area (Å²) in [5.74, 6) is -0.590. The van der Waals surface area contributed by atoms with Gasteiger partial charge in [0.15, 0.2) is 12.2 Å². The van der Waals surface area contributed by atoms with Crippen molar-refractivity contribution in [2.75, 3.05) is 39.6 Å². The molecule has 5 atom stereocenters. The second kappa shape index (κ2) is 62.2. The summed E-state index contributed by atoms with van der Waals surface area (Å²) in [6.45, 7) is 9.53. The molecule has 89 heavy (non-hydrogen) atoms. The molecule has 0 aliphatic heterocycles. The Morgan fingerprint density at radius 1 is 0.303 bits per heavy atom. The zero-order chi connectivity index (χ0) is 65.7. The molecule has 0 aliphatic carbocycles. The van der Waals surface area contributed by atoms with Gasteiger partial charge in [-0.2, -0.15) is 0 Å². The van der Waals surface area contributed by atoms with Crippen LogP contribution in [-0.2, 0) is 65.4 Å². The highest BCUT2D eigenvalue weighted by Gasteiger charge is 2.30. The van der Waals surface area contributed by atoms with Crippen molar-refractivity contribution in [1.82, 2.24) is 0 Å². The van der Waals surface area contributed by atoms with E-state index in [1.807, 2.05) is 0 Å². The molecule has 0 radical (unpaired) electrons. The van der Waals surface area contributed by atoms with Gasteiger partial charge in [-0.25, -0.2) is 9.13 Å². The van der Waals surface area contributed by atoms with Crippen LogP contribution in [0, 0.1) is 11.8 Å². The Hall–Kier alpha value is -1.94. The van der Waals surface area contributed by atoms with Crippen molar-refractivity contribution in [1.29, 1.82) is 0 Å². The topological polar surface area (TPSA) is 237 Å². The third-order valence-electron chi connectivity index (χ3n) is 16.2. The average Bonchev–Trinajstić information content (AvgIpc) is 3.70. The number of unbranched alkanes of at least 4 members (excludes halogenated alkanes) is 39. The molecule has 17 nitrogen and oxygen atoms in total. The van der Waals surface area contributed by atoms with E-state index >= 15 is 0 Å². The van der Waals surface area contributed by atoms with E-state index in [1.54, 1.807) is 0 Å². The molecule has 0 saturated carbocycles. The first-order valence-electron chi connectivity index (χ1n) is 36.5. The normalized spacial score (nSPS) is 14.1. The molecule has 0 aromatic rings. The molecule has 0 amide bonds. The van der Waals surface area contributed by atoms with Gasteiger partial charge in [0.05, 0.1) is 26.4 Å². The van der Waals surface area contributed by atoms with Crippen molar-refractivity contribution >= 4 is 39.5 Å². The predicted octanol–water partition coefficient (Wildman–Crippen LogP) is 20.0. The second-order valence-corrected chi connectivity index (χ2v) is 29.1. The smallest absolute Gasteiger partial charge is 0.462 e. The largest absolute Gasteiger partial charge is 0.472 e. The van der Waals surface area contributed by atoms with Crippen LogP contribution in [0.2, 0.25) is 0 Å². The third-order valence-corrected chi connectivity index (χ3v) is 18.1. The average molecular weight is 1310 g/mol. The Kier molecular flexibility index (Phi) is 60.8. The molecule has 0 aromatic carbocycles. The molecule has 0 spiro atoms. The van der Waals surface area contributed by atoms with E-state index < -0.39 is 97.5 Å². The Balaban J connectivity index is 5.23. The van der Waals surface area contributed by atoms with E-state index in [4.69, 9.17) is 37.0 Å². The third kappa shape index (κ3) is 64.6. The van der Waals surface area contributed by atoms with Gasteiger partial charge in [0.25, 0.3) is 0 Å². The number of carbonyl (C=O) groups is 4. The first kappa shape index (κ1) is 87.1. The summed E-state index contributed by atoms with van der Waals surface area (Å²) in [5.41, 5.74) is 0. The molecule has 0 aliphatic rings. The predicted molar refractivity (Wildman–Crippen MR) is 358 cm³/mol. The number of aliphatic hydroxyl groups excluding tert-OH is 1. The molecule has 0 saturated heterocycles. The van der Waals surface area contributed by atoms with Crippen LogP contribution < -0.4 is 0 Å². The minimum Gasteiger partial charge on any atom is -0.462 e. The number of hydrogen-bond donors (Lipinski definition) is 3. The molecular formula is C70H136O17P2. The van der Waals surface area contributed by atoms with Crippen LogP contribution in [0.4, 0.5) is 0 Å². The lowest BCUT2D eigenvalue weighted by Gasteiger charge is -2.21. The zero-order valence-corrected chi connectivity index (χ0v) is 59.5. The lowest BCUT2D eigenvalue weighted by molar-refractivity contribution is -0.161. The Labute approximate surface area is 543 Å². The summed E-state index contributed by atoms with van der Waals surface area (Å²) >= 11 is 0. The quantitative estimate of drug-likeness (QED) is 0.0222. The van der Waals surface area contributed by atoms with E-state index in [9.17, 15) is 43.2 Å². The van der Waals surface area contributed by atoms with Gasteiger partial charge in [-0.1, -0.05) is 305 Å². The van der Waals surface area contributed by atoms with E-state index in [2.05, 4.69) is 41.5 Å². The van der Waals surface area contributed by atoms with Crippen LogP contribution >= 0.6 is 15.6 Å². The van der Waals surface area contributed by atoms with Crippen LogP contribution in [0.3, 0.4) is 0 Å². The van der Waals surface area contributed by atoms with Gasteiger partial charge in [0, 0.05) is 25.7 Å². The lowest BCUT2D eigenvalue weighted by Crippen LogP contribution is -2.30. The molecule has 2 unspecified atom stereocenters. The van der Waals surface area contributed by atoms with Gasteiger partial charge < -0.3 is 33.8 Å². The van der Waals surface area contributed by atoms with Gasteiger partial charge in [-0.05, 0) is 37.5 Å². The number of esters is 4. The maximum atomic E-state index is 13.0. The lowest BCUT2D eigenvalue weighted by atomic mass is 10.0. The molecule has 19 heteroatoms. The minimum atomic E-state index is -4.95. The van der Waals surface area contributed by atoms with E-state index in [0.717, 1.165) is 108 Å². The number of phosphoric acid groups is 2. The van der Waals surface area contributed by atoms with Crippen molar-refractivity contribution in [3.8, 4) is 0 Å². The number of hydrogen-bond acceptors (Lipinski definition) is 15. The van der Waals surface area contributed by atoms with Crippen LogP contribution in [-0.4, -0.2) is 96.7 Å². The fraction of sp³-hybridized carbons (Fsp3) is 0.943. The second-order valence-electron chi connectivity index (χ2n) is 26.2. The molecule has 0 fully saturated rings. The maximum absolute atomic E-state index is 13.0. The van der Waals surface area contributed by atoms with Gasteiger partial charge in [-0.3, -0.25) is 37.3 Å². The fourth-order valence-electron chi connectivity index (χ4n) is 10.6. The molecule has 0 heterocycles. The molecular weight excluding hydrogens is 1170 g/mol. The Morgan fingerprint density at radius 2 is 0.517 bits per heavy atom. The highest BCUT2D eigenvalue weighted by molar-refractivity contribution is 7.47. The van der Waals surface area contributed by atoms with Crippen LogP contribution in [0.15, 0.2) is 0 Å². The number of rotatable bonds is 69. The SMILES string of the molecule is CCCCCCCCCCCCCCCC(=O)O[C@H](COC(=O)CCCCCCCCCC)COP(=O)(O)OC[C@H](O)COP(=O)(O)OC[C@@H](COC(=O)CCCCCCCCCCCCC(C)C)OC(=O)CCCCCCCCCCCCCCC(C)C. The van der Waals surface area contributed by atoms with Crippen molar-refractivity contribution < 1.29 is 80.2 Å². The Morgan fingerprint density at radius 3 is 0.764 bits per heavy atom. The number of ether oxygens (including phenoxy) is 4. The molecule has 3 N–H and O–H groups in total. The highest BCUT2D eigenvalue weighted by atomic mass is 31.2. The summed E-state index contributed by atoms with van der Waals surface area (Å²) < 4.78 is 68.2. The van der Waals surface area contributed by atoms with Gasteiger partial charge in [-0.15, -0.1) is 0 Å². The van der Waals surface area contributed by atoms with Crippen molar-refractivity contribution in [2.45, 2.75) is 374 Å². The summed E-state index contributed by atoms with van der Waals surface area (Å²) in [6.07, 6.45) is 47.1. The summed E-state index contributed by atoms with van der Waals surface area (Å²) in [4.78, 5) is 72.5. The minimum absolute atomic E-state index is 0.107. The van der Waals surface area contributed by atoms with Crippen LogP contribution in [0.1, 0.15) is 356 Å². The molecule has 0 rings (SSSR count). The molecule has 0 aromatic heterocycles. The van der Waals surface area contributed by atoms with Gasteiger partial charge >= 0.3 is 39.5 Å². The number of carbonyl (C=O) groups excluding carboxylic acids is 4. The van der Waals surface area contributed by atoms with Crippen molar-refractivity contribution in [2.24, 2.45) is 11.8 Å². The van der Waals surface area contributed by atoms with E-state index in [1.165, 1.54) is 167 Å². The maximum Gasteiger partial charge on any atom is 0.472 e. The van der Waals surface area contributed by atoms with Gasteiger partial charge in [0.1, 0.15) is 19.3 Å². The molecule has 528 valence electrons. The molecule has 0 bridgehead atoms. The van der Waals surface area contributed by atoms with E-state index in [-0.39, 0.29) is 25.7 Å². The summed E-state index contributed by atoms with van der Waals surface area (Å²) in [6, 6.07) is 0. The fourth-order valence-corrected chi connectivity index (χ4v) is 12.2. The van der Waals surface area contributed by atoms with Crippen LogP contribution in [0.25, 0.3) is 0 Å². The Bertz CT molecular complexity index is 1730. The number of aliphatic hydroxyl groups is 1. The van der Waals surface area contributed by atoms with Crippen molar-refractivity contribution in [3.63, 3.8) is 0 Å². The summed E-state index contributed by atoms with van der Waals surface area (Å²) in [5, 5.41) is 10.6. The van der Waals surface area contributed by atoms with Crippen molar-refractivity contribution in [3.05, 3.63) is 0 Å². The first-order chi connectivity index (χ1) is 42.9. The van der Waals surface area contributed by atoms with Gasteiger partial charge in [0.2, 0.25) is 0 Å². The van der Waals surface area contributed by atoms with Crippen LogP contribution in [0.5, 0.6) is 0 Å². The first-order valence-corrected chi connectivity index (χ1v) is 39.5. The standard InChI is InChI=1S/C70H136O17P2/c1-7-9-11-13-15-17-18-19-23-30-36-42-48-54-69(74)86-65(58-80-67(72)52-46-40-34-16-14-12-10-8-2)60-84-88(76,77)82-56-64(71)57-83-89(78,79)85-61-66(59-81-68(73)53-47-41-35-29-26-25-28-33-39-45-51-63(5)6)87-70(75)55-49-43-37-31-24-21-20-22-27-32-38-44-50-62(3)4/h62-66,71H,7-61H2,1-6H3,(H,76,77)(H,78,79)/t64-,65+,66+/m0/s1. The monoisotopic (exact) mass is 1310 g/mol.